The Morgan fingerprint density at radius 2 is 1.80 bits per heavy atom. The molecule has 0 saturated carbocycles. The molecule has 5 heteroatoms. The Kier molecular flexibility index (Phi) is 8.92. The van der Waals surface area contributed by atoms with E-state index in [-0.39, 0.29) is 17.8 Å². The standard InChI is InChI=1S/C20H30N2O3/c1-16-7-9-18(10-8-16)11-12-19(23)22(14-6-13-21(3)4)15-17(2)20(24)25-5/h7-12,17H,6,13-15H2,1-5H3/b12-11+. The van der Waals surface area contributed by atoms with Gasteiger partial charge < -0.3 is 14.5 Å². The number of ether oxygens (including phenoxy) is 1. The summed E-state index contributed by atoms with van der Waals surface area (Å²) in [5.74, 6) is -0.732. The smallest absolute Gasteiger partial charge is 0.310 e. The number of nitrogens with zero attached hydrogens (tertiary/aromatic N) is 2. The summed E-state index contributed by atoms with van der Waals surface area (Å²) in [6, 6.07) is 7.98. The van der Waals surface area contributed by atoms with Crippen LogP contribution in [0.25, 0.3) is 6.08 Å². The van der Waals surface area contributed by atoms with Crippen LogP contribution in [-0.2, 0) is 14.3 Å². The average molecular weight is 346 g/mol. The van der Waals surface area contributed by atoms with Gasteiger partial charge in [0.1, 0.15) is 0 Å². The van der Waals surface area contributed by atoms with Gasteiger partial charge in [-0.25, -0.2) is 0 Å². The Labute approximate surface area is 151 Å². The van der Waals surface area contributed by atoms with Crippen LogP contribution < -0.4 is 0 Å². The molecule has 0 saturated heterocycles. The minimum atomic E-state index is -0.346. The summed E-state index contributed by atoms with van der Waals surface area (Å²) in [4.78, 5) is 28.1. The van der Waals surface area contributed by atoms with Crippen molar-refractivity contribution in [3.63, 3.8) is 0 Å². The van der Waals surface area contributed by atoms with Gasteiger partial charge in [-0.15, -0.1) is 0 Å². The zero-order valence-corrected chi connectivity index (χ0v) is 16.0. The topological polar surface area (TPSA) is 49.9 Å². The highest BCUT2D eigenvalue weighted by molar-refractivity contribution is 5.92. The molecule has 5 nitrogen and oxygen atoms in total. The van der Waals surface area contributed by atoms with E-state index >= 15 is 0 Å². The van der Waals surface area contributed by atoms with Gasteiger partial charge in [-0.05, 0) is 45.6 Å². The van der Waals surface area contributed by atoms with E-state index in [0.29, 0.717) is 13.1 Å². The maximum Gasteiger partial charge on any atom is 0.310 e. The third-order valence-corrected chi connectivity index (χ3v) is 3.94. The minimum Gasteiger partial charge on any atom is -0.469 e. The second-order valence-corrected chi connectivity index (χ2v) is 6.61. The van der Waals surface area contributed by atoms with E-state index in [2.05, 4.69) is 4.90 Å². The molecule has 0 radical (unpaired) electrons. The number of carbonyl (C=O) groups is 2. The van der Waals surface area contributed by atoms with Crippen molar-refractivity contribution in [2.45, 2.75) is 20.3 Å². The van der Waals surface area contributed by atoms with E-state index < -0.39 is 0 Å². The van der Waals surface area contributed by atoms with E-state index in [9.17, 15) is 9.59 Å². The molecule has 1 unspecified atom stereocenters. The monoisotopic (exact) mass is 346 g/mol. The number of carbonyl (C=O) groups excluding carboxylic acids is 2. The van der Waals surface area contributed by atoms with Gasteiger partial charge in [0, 0.05) is 19.2 Å². The third-order valence-electron chi connectivity index (χ3n) is 3.94. The summed E-state index contributed by atoms with van der Waals surface area (Å²) in [5, 5.41) is 0. The SMILES string of the molecule is COC(=O)C(C)CN(CCCN(C)C)C(=O)/C=C/c1ccc(C)cc1. The van der Waals surface area contributed by atoms with Gasteiger partial charge in [-0.1, -0.05) is 36.8 Å². The summed E-state index contributed by atoms with van der Waals surface area (Å²) in [5.41, 5.74) is 2.16. The summed E-state index contributed by atoms with van der Waals surface area (Å²) in [7, 11) is 5.37. The Morgan fingerprint density at radius 3 is 2.36 bits per heavy atom. The Morgan fingerprint density at radius 1 is 1.16 bits per heavy atom. The predicted molar refractivity (Wildman–Crippen MR) is 101 cm³/mol. The van der Waals surface area contributed by atoms with E-state index in [1.807, 2.05) is 51.4 Å². The fourth-order valence-corrected chi connectivity index (χ4v) is 2.43. The maximum atomic E-state index is 12.6. The van der Waals surface area contributed by atoms with Gasteiger partial charge in [-0.3, -0.25) is 9.59 Å². The lowest BCUT2D eigenvalue weighted by atomic mass is 10.1. The number of rotatable bonds is 9. The summed E-state index contributed by atoms with van der Waals surface area (Å²) in [6.45, 7) is 5.66. The Balaban J connectivity index is 2.75. The van der Waals surface area contributed by atoms with Crippen molar-refractivity contribution in [2.75, 3.05) is 40.8 Å². The molecule has 0 fully saturated rings. The Hall–Kier alpha value is -2.14. The number of hydrogen-bond acceptors (Lipinski definition) is 4. The quantitative estimate of drug-likeness (QED) is 0.509. The molecule has 1 amide bonds. The van der Waals surface area contributed by atoms with Gasteiger partial charge >= 0.3 is 5.97 Å². The molecule has 1 atom stereocenters. The largest absolute Gasteiger partial charge is 0.469 e. The highest BCUT2D eigenvalue weighted by atomic mass is 16.5. The molecule has 25 heavy (non-hydrogen) atoms. The molecule has 0 N–H and O–H groups in total. The minimum absolute atomic E-state index is 0.0879. The van der Waals surface area contributed by atoms with Crippen LogP contribution in [0.5, 0.6) is 0 Å². The Bertz CT molecular complexity index is 579. The first-order chi connectivity index (χ1) is 11.8. The van der Waals surface area contributed by atoms with Crippen LogP contribution in [0, 0.1) is 12.8 Å². The summed E-state index contributed by atoms with van der Waals surface area (Å²) < 4.78 is 4.77. The molecule has 0 aromatic heterocycles. The average Bonchev–Trinajstić information content (AvgIpc) is 2.58. The van der Waals surface area contributed by atoms with Crippen molar-refractivity contribution in [2.24, 2.45) is 5.92 Å². The van der Waals surface area contributed by atoms with E-state index in [1.54, 1.807) is 17.9 Å². The third kappa shape index (κ3) is 7.98. The molecule has 0 aliphatic rings. The number of benzene rings is 1. The van der Waals surface area contributed by atoms with E-state index in [4.69, 9.17) is 4.74 Å². The van der Waals surface area contributed by atoms with Crippen molar-refractivity contribution < 1.29 is 14.3 Å². The number of amides is 1. The fraction of sp³-hybridized carbons (Fsp3) is 0.500. The first-order valence-corrected chi connectivity index (χ1v) is 8.59. The van der Waals surface area contributed by atoms with Crippen LogP contribution >= 0.6 is 0 Å². The number of hydrogen-bond donors (Lipinski definition) is 0. The first kappa shape index (κ1) is 20.9. The van der Waals surface area contributed by atoms with Crippen molar-refractivity contribution in [3.05, 3.63) is 41.5 Å². The molecule has 0 aliphatic heterocycles. The van der Waals surface area contributed by atoms with Crippen molar-refractivity contribution >= 4 is 18.0 Å². The molecule has 0 bridgehead atoms. The van der Waals surface area contributed by atoms with Gasteiger partial charge in [0.2, 0.25) is 5.91 Å². The highest BCUT2D eigenvalue weighted by Crippen LogP contribution is 2.08. The second-order valence-electron chi connectivity index (χ2n) is 6.61. The van der Waals surface area contributed by atoms with Crippen LogP contribution in [0.1, 0.15) is 24.5 Å². The van der Waals surface area contributed by atoms with Crippen molar-refractivity contribution in [1.29, 1.82) is 0 Å². The van der Waals surface area contributed by atoms with Crippen LogP contribution in [0.4, 0.5) is 0 Å². The van der Waals surface area contributed by atoms with Gasteiger partial charge in [-0.2, -0.15) is 0 Å². The fourth-order valence-electron chi connectivity index (χ4n) is 2.43. The van der Waals surface area contributed by atoms with E-state index in [1.165, 1.54) is 12.7 Å². The number of esters is 1. The lowest BCUT2D eigenvalue weighted by molar-refractivity contribution is -0.146. The number of aryl methyl sites for hydroxylation is 1. The molecule has 0 heterocycles. The van der Waals surface area contributed by atoms with Gasteiger partial charge in [0.15, 0.2) is 0 Å². The van der Waals surface area contributed by atoms with Crippen LogP contribution in [0.3, 0.4) is 0 Å². The van der Waals surface area contributed by atoms with Gasteiger partial charge in [0.25, 0.3) is 0 Å². The van der Waals surface area contributed by atoms with Crippen LogP contribution in [-0.4, -0.2) is 62.5 Å². The number of methoxy groups -OCH3 is 1. The van der Waals surface area contributed by atoms with E-state index in [0.717, 1.165) is 18.5 Å². The predicted octanol–water partition coefficient (Wildman–Crippen LogP) is 2.60. The molecule has 138 valence electrons. The highest BCUT2D eigenvalue weighted by Gasteiger charge is 2.20. The summed E-state index contributed by atoms with van der Waals surface area (Å²) >= 11 is 0. The lowest BCUT2D eigenvalue weighted by Gasteiger charge is -2.24. The first-order valence-electron chi connectivity index (χ1n) is 8.59. The zero-order chi connectivity index (χ0) is 18.8. The lowest BCUT2D eigenvalue weighted by Crippen LogP contribution is -2.37. The van der Waals surface area contributed by atoms with Gasteiger partial charge in [0.05, 0.1) is 13.0 Å². The van der Waals surface area contributed by atoms with Crippen molar-refractivity contribution in [3.8, 4) is 0 Å². The molecule has 1 aromatic carbocycles. The second kappa shape index (κ2) is 10.7. The molecule has 0 aliphatic carbocycles. The van der Waals surface area contributed by atoms with Crippen LogP contribution in [0.2, 0.25) is 0 Å². The maximum absolute atomic E-state index is 12.6. The molecule has 1 aromatic rings. The zero-order valence-electron chi connectivity index (χ0n) is 16.0. The molecule has 1 rings (SSSR count). The normalized spacial score (nSPS) is 12.4. The van der Waals surface area contributed by atoms with Crippen LogP contribution in [0.15, 0.2) is 30.3 Å². The molecule has 0 spiro atoms. The molecular weight excluding hydrogens is 316 g/mol. The molecular formula is C20H30N2O3. The summed E-state index contributed by atoms with van der Waals surface area (Å²) in [6.07, 6.45) is 4.23. The van der Waals surface area contributed by atoms with Crippen molar-refractivity contribution in [1.82, 2.24) is 9.80 Å².